The Hall–Kier alpha value is -2.93. The molecule has 0 aliphatic carbocycles. The molecule has 0 aliphatic heterocycles. The molecule has 0 aromatic heterocycles. The van der Waals surface area contributed by atoms with Crippen LogP contribution in [0.2, 0.25) is 0 Å². The van der Waals surface area contributed by atoms with Crippen LogP contribution in [0.4, 0.5) is 0 Å². The van der Waals surface area contributed by atoms with Gasteiger partial charge in [-0.25, -0.2) is 0 Å². The fourth-order valence-corrected chi connectivity index (χ4v) is 3.31. The van der Waals surface area contributed by atoms with E-state index in [1.165, 1.54) is 27.8 Å². The smallest absolute Gasteiger partial charge is 0.0432 e. The number of hydrogen-bond donors (Lipinski definition) is 1. The van der Waals surface area contributed by atoms with Gasteiger partial charge in [-0.15, -0.1) is 0 Å². The van der Waals surface area contributed by atoms with Gasteiger partial charge in [-0.1, -0.05) is 72.8 Å². The summed E-state index contributed by atoms with van der Waals surface area (Å²) in [5.74, 6) is 0. The van der Waals surface area contributed by atoms with E-state index in [1.807, 2.05) is 25.1 Å². The van der Waals surface area contributed by atoms with Gasteiger partial charge in [-0.2, -0.15) is 0 Å². The molecule has 0 fully saturated rings. The van der Waals surface area contributed by atoms with E-state index in [0.29, 0.717) is 12.1 Å². The lowest BCUT2D eigenvalue weighted by Gasteiger charge is -2.15. The Kier molecular flexibility index (Phi) is 5.48. The minimum Gasteiger partial charge on any atom is -0.304 e. The van der Waals surface area contributed by atoms with E-state index in [9.17, 15) is 0 Å². The standard InChI is InChI=1S/C25H25N/c1-4-23(25(26)17-21-13-9-8-10-18(21)2)24-16-22(15-14-19(24)3)20-11-6-5-7-12-20/h4-16,26H,17H2,1-3H3/b23-4+,26-25?. The molecule has 1 nitrogen and oxygen atoms in total. The lowest BCUT2D eigenvalue weighted by atomic mass is 9.90. The molecule has 0 unspecified atom stereocenters. The minimum atomic E-state index is 0.654. The summed E-state index contributed by atoms with van der Waals surface area (Å²) < 4.78 is 0. The molecule has 0 radical (unpaired) electrons. The van der Waals surface area contributed by atoms with E-state index in [-0.39, 0.29) is 0 Å². The van der Waals surface area contributed by atoms with Gasteiger partial charge >= 0.3 is 0 Å². The molecule has 0 bridgehead atoms. The van der Waals surface area contributed by atoms with E-state index < -0.39 is 0 Å². The Morgan fingerprint density at radius 1 is 0.808 bits per heavy atom. The Balaban J connectivity index is 1.95. The van der Waals surface area contributed by atoms with Crippen molar-refractivity contribution in [2.24, 2.45) is 0 Å². The van der Waals surface area contributed by atoms with Gasteiger partial charge in [0.05, 0.1) is 0 Å². The topological polar surface area (TPSA) is 23.9 Å². The zero-order valence-corrected chi connectivity index (χ0v) is 15.7. The van der Waals surface area contributed by atoms with E-state index in [4.69, 9.17) is 5.41 Å². The van der Waals surface area contributed by atoms with Crippen LogP contribution < -0.4 is 0 Å². The first-order valence-corrected chi connectivity index (χ1v) is 9.05. The zero-order valence-electron chi connectivity index (χ0n) is 15.7. The number of benzene rings is 3. The van der Waals surface area contributed by atoms with Crippen LogP contribution in [-0.4, -0.2) is 5.71 Å². The van der Waals surface area contributed by atoms with E-state index >= 15 is 0 Å². The number of allylic oxidation sites excluding steroid dienone is 2. The van der Waals surface area contributed by atoms with Gasteiger partial charge in [0.15, 0.2) is 0 Å². The van der Waals surface area contributed by atoms with E-state index in [1.54, 1.807) is 0 Å². The average molecular weight is 339 g/mol. The van der Waals surface area contributed by atoms with Gasteiger partial charge < -0.3 is 5.41 Å². The van der Waals surface area contributed by atoms with Crippen LogP contribution in [0.1, 0.15) is 29.2 Å². The maximum absolute atomic E-state index is 8.72. The van der Waals surface area contributed by atoms with E-state index in [0.717, 1.165) is 11.1 Å². The highest BCUT2D eigenvalue weighted by Crippen LogP contribution is 2.28. The summed E-state index contributed by atoms with van der Waals surface area (Å²) >= 11 is 0. The summed E-state index contributed by atoms with van der Waals surface area (Å²) in [7, 11) is 0. The number of aryl methyl sites for hydroxylation is 2. The molecule has 0 saturated heterocycles. The normalized spacial score (nSPS) is 11.4. The van der Waals surface area contributed by atoms with Crippen LogP contribution in [0.25, 0.3) is 16.7 Å². The van der Waals surface area contributed by atoms with Crippen molar-refractivity contribution in [3.63, 3.8) is 0 Å². The Bertz CT molecular complexity index is 949. The summed E-state index contributed by atoms with van der Waals surface area (Å²) in [6.45, 7) is 6.25. The highest BCUT2D eigenvalue weighted by Gasteiger charge is 2.13. The molecule has 0 heterocycles. The molecule has 0 saturated carbocycles. The third-order valence-corrected chi connectivity index (χ3v) is 4.88. The maximum atomic E-state index is 8.72. The summed E-state index contributed by atoms with van der Waals surface area (Å²) in [5.41, 5.74) is 8.87. The van der Waals surface area contributed by atoms with Crippen molar-refractivity contribution < 1.29 is 0 Å². The SMILES string of the molecule is C/C=C(/C(=N)Cc1ccccc1C)c1cc(-c2ccccc2)ccc1C. The van der Waals surface area contributed by atoms with Crippen molar-refractivity contribution in [1.82, 2.24) is 0 Å². The van der Waals surface area contributed by atoms with Crippen LogP contribution in [0.5, 0.6) is 0 Å². The molecule has 1 heteroatoms. The Morgan fingerprint density at radius 2 is 1.50 bits per heavy atom. The molecule has 3 aromatic rings. The maximum Gasteiger partial charge on any atom is 0.0432 e. The second kappa shape index (κ2) is 7.97. The van der Waals surface area contributed by atoms with Crippen LogP contribution in [0.15, 0.2) is 78.9 Å². The van der Waals surface area contributed by atoms with Crippen LogP contribution in [0.3, 0.4) is 0 Å². The Labute approximate surface area is 156 Å². The fraction of sp³-hybridized carbons (Fsp3) is 0.160. The van der Waals surface area contributed by atoms with Crippen LogP contribution >= 0.6 is 0 Å². The lowest BCUT2D eigenvalue weighted by molar-refractivity contribution is 1.24. The molecular weight excluding hydrogens is 314 g/mol. The third-order valence-electron chi connectivity index (χ3n) is 4.88. The van der Waals surface area contributed by atoms with Crippen molar-refractivity contribution in [3.05, 3.63) is 101 Å². The molecule has 26 heavy (non-hydrogen) atoms. The average Bonchev–Trinajstić information content (AvgIpc) is 2.66. The first kappa shape index (κ1) is 17.9. The second-order valence-electron chi connectivity index (χ2n) is 6.68. The first-order chi connectivity index (χ1) is 12.6. The molecule has 0 aliphatic rings. The van der Waals surface area contributed by atoms with Gasteiger partial charge in [0, 0.05) is 12.1 Å². The zero-order chi connectivity index (χ0) is 18.5. The number of rotatable bonds is 5. The predicted octanol–water partition coefficient (Wildman–Crippen LogP) is 6.64. The van der Waals surface area contributed by atoms with Gasteiger partial charge in [0.1, 0.15) is 0 Å². The van der Waals surface area contributed by atoms with Crippen molar-refractivity contribution in [3.8, 4) is 11.1 Å². The highest BCUT2D eigenvalue weighted by molar-refractivity contribution is 6.23. The summed E-state index contributed by atoms with van der Waals surface area (Å²) in [6.07, 6.45) is 2.72. The summed E-state index contributed by atoms with van der Waals surface area (Å²) in [6, 6.07) is 25.3. The Morgan fingerprint density at radius 3 is 2.19 bits per heavy atom. The quantitative estimate of drug-likeness (QED) is 0.504. The van der Waals surface area contributed by atoms with Crippen LogP contribution in [0, 0.1) is 19.3 Å². The molecule has 0 atom stereocenters. The van der Waals surface area contributed by atoms with Gasteiger partial charge in [-0.05, 0) is 65.8 Å². The van der Waals surface area contributed by atoms with Crippen LogP contribution in [-0.2, 0) is 6.42 Å². The molecule has 1 N–H and O–H groups in total. The number of nitrogens with one attached hydrogen (secondary N) is 1. The lowest BCUT2D eigenvalue weighted by Crippen LogP contribution is -2.07. The molecule has 130 valence electrons. The molecule has 0 spiro atoms. The highest BCUT2D eigenvalue weighted by atomic mass is 14.4. The largest absolute Gasteiger partial charge is 0.304 e. The number of hydrogen-bond acceptors (Lipinski definition) is 1. The first-order valence-electron chi connectivity index (χ1n) is 9.05. The third kappa shape index (κ3) is 3.83. The monoisotopic (exact) mass is 339 g/mol. The van der Waals surface area contributed by atoms with E-state index in [2.05, 4.69) is 74.5 Å². The van der Waals surface area contributed by atoms with Crippen molar-refractivity contribution in [1.29, 1.82) is 5.41 Å². The fourth-order valence-electron chi connectivity index (χ4n) is 3.31. The molecule has 0 amide bonds. The van der Waals surface area contributed by atoms with Crippen molar-refractivity contribution in [2.45, 2.75) is 27.2 Å². The van der Waals surface area contributed by atoms with Gasteiger partial charge in [0.25, 0.3) is 0 Å². The van der Waals surface area contributed by atoms with Gasteiger partial charge in [-0.3, -0.25) is 0 Å². The molecule has 3 rings (SSSR count). The molecular formula is C25H25N. The summed E-state index contributed by atoms with van der Waals surface area (Å²) in [4.78, 5) is 0. The predicted molar refractivity (Wildman–Crippen MR) is 113 cm³/mol. The molecule has 3 aromatic carbocycles. The van der Waals surface area contributed by atoms with Crippen molar-refractivity contribution >= 4 is 11.3 Å². The summed E-state index contributed by atoms with van der Waals surface area (Å²) in [5, 5.41) is 8.72. The minimum absolute atomic E-state index is 0.654. The second-order valence-corrected chi connectivity index (χ2v) is 6.68. The van der Waals surface area contributed by atoms with Gasteiger partial charge in [0.2, 0.25) is 0 Å². The van der Waals surface area contributed by atoms with Crippen molar-refractivity contribution in [2.75, 3.05) is 0 Å².